The molecule has 0 aliphatic rings. The van der Waals surface area contributed by atoms with E-state index >= 15 is 0 Å². The Kier molecular flexibility index (Phi) is 4.72. The molecule has 0 aliphatic carbocycles. The van der Waals surface area contributed by atoms with Gasteiger partial charge in [0.15, 0.2) is 5.52 Å². The topological polar surface area (TPSA) is 76.9 Å². The molecule has 0 saturated carbocycles. The van der Waals surface area contributed by atoms with Crippen LogP contribution in [0.1, 0.15) is 37.9 Å². The molecule has 0 unspecified atom stereocenters. The van der Waals surface area contributed by atoms with E-state index in [0.29, 0.717) is 5.52 Å². The Morgan fingerprint density at radius 1 is 1.43 bits per heavy atom. The van der Waals surface area contributed by atoms with Crippen molar-refractivity contribution in [3.05, 3.63) is 21.1 Å². The molecule has 2 aromatic rings. The average Bonchev–Trinajstić information content (AvgIpc) is 2.89. The highest BCUT2D eigenvalue weighted by Crippen LogP contribution is 2.21. The highest BCUT2D eigenvalue weighted by Gasteiger charge is 2.15. The van der Waals surface area contributed by atoms with Gasteiger partial charge in [-0.25, -0.2) is 9.67 Å². The molecular weight excluding hydrogens is 288 g/mol. The van der Waals surface area contributed by atoms with Crippen LogP contribution in [0.15, 0.2) is 4.79 Å². The summed E-state index contributed by atoms with van der Waals surface area (Å²) in [5.41, 5.74) is 0.852. The molecule has 7 heteroatoms. The van der Waals surface area contributed by atoms with Gasteiger partial charge in [-0.2, -0.15) is 5.10 Å². The van der Waals surface area contributed by atoms with E-state index in [-0.39, 0.29) is 24.1 Å². The van der Waals surface area contributed by atoms with E-state index in [9.17, 15) is 9.59 Å². The number of hydrogen-bond donors (Lipinski definition) is 1. The third-order valence-electron chi connectivity index (χ3n) is 3.32. The maximum atomic E-state index is 12.4. The molecule has 6 nitrogen and oxygen atoms in total. The summed E-state index contributed by atoms with van der Waals surface area (Å²) < 4.78 is 2.02. The van der Waals surface area contributed by atoms with Crippen LogP contribution in [0.5, 0.6) is 0 Å². The van der Waals surface area contributed by atoms with Gasteiger partial charge in [-0.05, 0) is 26.7 Å². The van der Waals surface area contributed by atoms with Gasteiger partial charge >= 0.3 is 0 Å². The second kappa shape index (κ2) is 6.34. The van der Waals surface area contributed by atoms with Crippen LogP contribution in [0.25, 0.3) is 10.2 Å². The van der Waals surface area contributed by atoms with Gasteiger partial charge in [0, 0.05) is 6.04 Å². The van der Waals surface area contributed by atoms with E-state index < -0.39 is 0 Å². The van der Waals surface area contributed by atoms with E-state index in [2.05, 4.69) is 15.4 Å². The summed E-state index contributed by atoms with van der Waals surface area (Å²) in [4.78, 5) is 28.6. The molecule has 2 heterocycles. The van der Waals surface area contributed by atoms with Crippen LogP contribution in [0.4, 0.5) is 0 Å². The molecule has 1 N–H and O–H groups in total. The first-order valence-electron chi connectivity index (χ1n) is 7.12. The first-order valence-corrected chi connectivity index (χ1v) is 7.94. The molecule has 1 atom stereocenters. The van der Waals surface area contributed by atoms with Crippen molar-refractivity contribution in [2.45, 2.75) is 53.1 Å². The van der Waals surface area contributed by atoms with Crippen molar-refractivity contribution in [2.75, 3.05) is 0 Å². The van der Waals surface area contributed by atoms with E-state index in [1.54, 1.807) is 0 Å². The first-order chi connectivity index (χ1) is 9.96. The van der Waals surface area contributed by atoms with E-state index in [4.69, 9.17) is 0 Å². The quantitative estimate of drug-likeness (QED) is 0.911. The number of aromatic nitrogens is 3. The molecule has 0 spiro atoms. The Balaban J connectivity index is 2.35. The van der Waals surface area contributed by atoms with Gasteiger partial charge < -0.3 is 5.32 Å². The Bertz CT molecular complexity index is 720. The van der Waals surface area contributed by atoms with Crippen LogP contribution >= 0.6 is 11.3 Å². The second-order valence-corrected chi connectivity index (χ2v) is 6.15. The summed E-state index contributed by atoms with van der Waals surface area (Å²) in [6, 6.07) is 0.0870. The van der Waals surface area contributed by atoms with Gasteiger partial charge in [-0.1, -0.05) is 13.8 Å². The average molecular weight is 308 g/mol. The fourth-order valence-corrected chi connectivity index (χ4v) is 2.90. The highest BCUT2D eigenvalue weighted by molar-refractivity contribution is 7.18. The maximum Gasteiger partial charge on any atom is 0.294 e. The number of rotatable bonds is 5. The molecule has 114 valence electrons. The van der Waals surface area contributed by atoms with Crippen molar-refractivity contribution in [3.63, 3.8) is 0 Å². The summed E-state index contributed by atoms with van der Waals surface area (Å²) >= 11 is 1.49. The van der Waals surface area contributed by atoms with Crippen LogP contribution in [0, 0.1) is 6.92 Å². The fraction of sp³-hybridized carbons (Fsp3) is 0.571. The number of amides is 1. The Labute approximate surface area is 127 Å². The minimum absolute atomic E-state index is 0.0705. The van der Waals surface area contributed by atoms with E-state index in [1.807, 2.05) is 27.7 Å². The van der Waals surface area contributed by atoms with Crippen molar-refractivity contribution in [1.29, 1.82) is 0 Å². The lowest BCUT2D eigenvalue weighted by molar-refractivity contribution is -0.122. The number of nitrogens with zero attached hydrogens (tertiary/aromatic N) is 3. The Hall–Kier alpha value is -1.76. The summed E-state index contributed by atoms with van der Waals surface area (Å²) in [5, 5.41) is 7.98. The molecular formula is C14H20N4O2S. The lowest BCUT2D eigenvalue weighted by Crippen LogP contribution is -2.38. The molecule has 2 aromatic heterocycles. The molecule has 21 heavy (non-hydrogen) atoms. The number of aryl methyl sites for hydroxylation is 2. The Morgan fingerprint density at radius 3 is 2.76 bits per heavy atom. The molecule has 2 rings (SSSR count). The number of nitrogens with one attached hydrogen (secondary N) is 1. The lowest BCUT2D eigenvalue weighted by atomic mass is 10.2. The Morgan fingerprint density at radius 2 is 2.14 bits per heavy atom. The zero-order valence-corrected chi connectivity index (χ0v) is 13.6. The van der Waals surface area contributed by atoms with Crippen LogP contribution in [0.3, 0.4) is 0 Å². The molecule has 1 amide bonds. The molecule has 0 bridgehead atoms. The number of thiazole rings is 1. The van der Waals surface area contributed by atoms with Gasteiger partial charge in [0.05, 0.1) is 15.4 Å². The molecule has 0 aliphatic heterocycles. The predicted molar refractivity (Wildman–Crippen MR) is 83.7 cm³/mol. The zero-order valence-electron chi connectivity index (χ0n) is 12.8. The summed E-state index contributed by atoms with van der Waals surface area (Å²) in [7, 11) is 0. The van der Waals surface area contributed by atoms with Crippen LogP contribution in [-0.2, 0) is 17.8 Å². The molecule has 0 fully saturated rings. The molecule has 0 saturated heterocycles. The summed E-state index contributed by atoms with van der Waals surface area (Å²) in [6.45, 7) is 7.68. The smallest absolute Gasteiger partial charge is 0.294 e. The number of fused-ring (bicyclic) bond motifs is 1. The van der Waals surface area contributed by atoms with Crippen molar-refractivity contribution in [2.24, 2.45) is 0 Å². The minimum atomic E-state index is -0.300. The molecule has 0 radical (unpaired) electrons. The molecule has 0 aromatic carbocycles. The van der Waals surface area contributed by atoms with Crippen LogP contribution < -0.4 is 10.9 Å². The third-order valence-corrected chi connectivity index (χ3v) is 4.63. The van der Waals surface area contributed by atoms with E-state index in [0.717, 1.165) is 28.2 Å². The standard InChI is InChI=1S/C14H20N4O2S/c1-5-8(3)15-10(19)7-18-14(20)12-13(9(4)17-18)21-11(6-2)16-12/h8H,5-7H2,1-4H3,(H,15,19)/t8-/m0/s1. The lowest BCUT2D eigenvalue weighted by Gasteiger charge is -2.12. The number of hydrogen-bond acceptors (Lipinski definition) is 5. The fourth-order valence-electron chi connectivity index (χ4n) is 1.97. The van der Waals surface area contributed by atoms with Crippen molar-refractivity contribution < 1.29 is 4.79 Å². The van der Waals surface area contributed by atoms with Crippen molar-refractivity contribution >= 4 is 27.5 Å². The van der Waals surface area contributed by atoms with Crippen molar-refractivity contribution in [1.82, 2.24) is 20.1 Å². The van der Waals surface area contributed by atoms with Gasteiger partial charge in [0.2, 0.25) is 5.91 Å². The first kappa shape index (κ1) is 15.6. The maximum absolute atomic E-state index is 12.4. The van der Waals surface area contributed by atoms with Gasteiger partial charge in [0.25, 0.3) is 5.56 Å². The van der Waals surface area contributed by atoms with Crippen molar-refractivity contribution in [3.8, 4) is 0 Å². The van der Waals surface area contributed by atoms with Crippen LogP contribution in [0.2, 0.25) is 0 Å². The zero-order chi connectivity index (χ0) is 15.6. The third kappa shape index (κ3) is 3.29. The van der Waals surface area contributed by atoms with Gasteiger partial charge in [0.1, 0.15) is 6.54 Å². The summed E-state index contributed by atoms with van der Waals surface area (Å²) in [5.74, 6) is -0.205. The minimum Gasteiger partial charge on any atom is -0.352 e. The normalized spacial score (nSPS) is 12.6. The van der Waals surface area contributed by atoms with Gasteiger partial charge in [-0.15, -0.1) is 11.3 Å². The highest BCUT2D eigenvalue weighted by atomic mass is 32.1. The largest absolute Gasteiger partial charge is 0.352 e. The number of carbonyl (C=O) groups excluding carboxylic acids is 1. The van der Waals surface area contributed by atoms with Crippen LogP contribution in [-0.4, -0.2) is 26.7 Å². The second-order valence-electron chi connectivity index (χ2n) is 5.06. The SMILES string of the molecule is CCc1nc2c(=O)n(CC(=O)N[C@@H](C)CC)nc(C)c2s1. The summed E-state index contributed by atoms with van der Waals surface area (Å²) in [6.07, 6.45) is 1.63. The van der Waals surface area contributed by atoms with Gasteiger partial charge in [-0.3, -0.25) is 9.59 Å². The number of carbonyl (C=O) groups is 1. The van der Waals surface area contributed by atoms with E-state index in [1.165, 1.54) is 16.0 Å². The monoisotopic (exact) mass is 308 g/mol. The predicted octanol–water partition coefficient (Wildman–Crippen LogP) is 1.64.